The van der Waals surface area contributed by atoms with Gasteiger partial charge in [-0.25, -0.2) is 0 Å². The largest absolute Gasteiger partial charge is 0.466 e. The van der Waals surface area contributed by atoms with Gasteiger partial charge in [-0.05, 0) is 44.9 Å². The minimum absolute atomic E-state index is 0.0913. The lowest BCUT2D eigenvalue weighted by Gasteiger charge is -2.29. The molecule has 1 fully saturated rings. The molecule has 120 valence electrons. The SMILES string of the molecule is CCOC(=O)CCN1c2ccc(C)cc2C2CNCCCC21. The Balaban J connectivity index is 1.83. The molecule has 0 saturated carbocycles. The lowest BCUT2D eigenvalue weighted by atomic mass is 9.92. The third kappa shape index (κ3) is 2.98. The van der Waals surface area contributed by atoms with E-state index in [9.17, 15) is 4.79 Å². The monoisotopic (exact) mass is 302 g/mol. The molecule has 1 aromatic carbocycles. The van der Waals surface area contributed by atoms with Crippen LogP contribution >= 0.6 is 0 Å². The molecule has 22 heavy (non-hydrogen) atoms. The molecule has 1 saturated heterocycles. The van der Waals surface area contributed by atoms with Gasteiger partial charge in [0, 0.05) is 30.7 Å². The summed E-state index contributed by atoms with van der Waals surface area (Å²) in [5.41, 5.74) is 4.07. The fraction of sp³-hybridized carbons (Fsp3) is 0.611. The molecule has 3 rings (SSSR count). The molecule has 0 aromatic heterocycles. The molecule has 1 N–H and O–H groups in total. The minimum atomic E-state index is -0.0913. The van der Waals surface area contributed by atoms with Gasteiger partial charge >= 0.3 is 5.97 Å². The van der Waals surface area contributed by atoms with Crippen LogP contribution in [0.15, 0.2) is 18.2 Å². The van der Waals surface area contributed by atoms with E-state index in [1.54, 1.807) is 0 Å². The maximum atomic E-state index is 11.7. The minimum Gasteiger partial charge on any atom is -0.466 e. The van der Waals surface area contributed by atoms with Crippen molar-refractivity contribution in [3.63, 3.8) is 0 Å². The highest BCUT2D eigenvalue weighted by molar-refractivity contribution is 5.71. The first kappa shape index (κ1) is 15.3. The maximum absolute atomic E-state index is 11.7. The number of anilines is 1. The van der Waals surface area contributed by atoms with Crippen molar-refractivity contribution < 1.29 is 9.53 Å². The number of hydrogen-bond donors (Lipinski definition) is 1. The van der Waals surface area contributed by atoms with Crippen LogP contribution in [-0.4, -0.2) is 38.3 Å². The molecule has 0 aliphatic carbocycles. The van der Waals surface area contributed by atoms with E-state index in [2.05, 4.69) is 35.3 Å². The van der Waals surface area contributed by atoms with Gasteiger partial charge in [0.05, 0.1) is 13.0 Å². The van der Waals surface area contributed by atoms with Crippen molar-refractivity contribution in [3.8, 4) is 0 Å². The first-order valence-corrected chi connectivity index (χ1v) is 8.44. The van der Waals surface area contributed by atoms with Crippen molar-refractivity contribution >= 4 is 11.7 Å². The van der Waals surface area contributed by atoms with Gasteiger partial charge in [0.1, 0.15) is 0 Å². The summed E-state index contributed by atoms with van der Waals surface area (Å²) in [6.07, 6.45) is 2.86. The van der Waals surface area contributed by atoms with Crippen LogP contribution in [0.2, 0.25) is 0 Å². The Labute approximate surface area is 132 Å². The predicted octanol–water partition coefficient (Wildman–Crippen LogP) is 2.60. The fourth-order valence-corrected chi connectivity index (χ4v) is 3.86. The number of esters is 1. The van der Waals surface area contributed by atoms with Crippen LogP contribution in [0.5, 0.6) is 0 Å². The lowest BCUT2D eigenvalue weighted by molar-refractivity contribution is -0.142. The Bertz CT molecular complexity index is 544. The molecule has 0 radical (unpaired) electrons. The normalized spacial score (nSPS) is 23.6. The van der Waals surface area contributed by atoms with Gasteiger partial charge in [0.2, 0.25) is 0 Å². The second kappa shape index (κ2) is 6.69. The van der Waals surface area contributed by atoms with E-state index in [0.29, 0.717) is 25.0 Å². The number of nitrogens with zero attached hydrogens (tertiary/aromatic N) is 1. The van der Waals surface area contributed by atoms with Crippen LogP contribution in [0, 0.1) is 6.92 Å². The number of fused-ring (bicyclic) bond motifs is 3. The van der Waals surface area contributed by atoms with E-state index < -0.39 is 0 Å². The number of carbonyl (C=O) groups is 1. The molecule has 2 unspecified atom stereocenters. The van der Waals surface area contributed by atoms with E-state index in [-0.39, 0.29) is 5.97 Å². The van der Waals surface area contributed by atoms with Crippen molar-refractivity contribution in [1.82, 2.24) is 5.32 Å². The second-order valence-corrected chi connectivity index (χ2v) is 6.33. The molecule has 4 heteroatoms. The summed E-state index contributed by atoms with van der Waals surface area (Å²) < 4.78 is 5.09. The molecule has 0 amide bonds. The average Bonchev–Trinajstić information content (AvgIpc) is 2.66. The third-order valence-corrected chi connectivity index (χ3v) is 4.84. The van der Waals surface area contributed by atoms with Gasteiger partial charge in [-0.15, -0.1) is 0 Å². The van der Waals surface area contributed by atoms with Gasteiger partial charge in [0.15, 0.2) is 0 Å². The zero-order chi connectivity index (χ0) is 15.5. The smallest absolute Gasteiger partial charge is 0.307 e. The van der Waals surface area contributed by atoms with Gasteiger partial charge in [-0.2, -0.15) is 0 Å². The fourth-order valence-electron chi connectivity index (χ4n) is 3.86. The number of aryl methyl sites for hydroxylation is 1. The Kier molecular flexibility index (Phi) is 4.67. The van der Waals surface area contributed by atoms with Crippen LogP contribution in [-0.2, 0) is 9.53 Å². The molecule has 2 atom stereocenters. The molecule has 2 aliphatic rings. The number of rotatable bonds is 4. The van der Waals surface area contributed by atoms with Crippen molar-refractivity contribution in [2.75, 3.05) is 31.1 Å². The molecule has 4 nitrogen and oxygen atoms in total. The number of benzene rings is 1. The molecular formula is C18H26N2O2. The first-order valence-electron chi connectivity index (χ1n) is 8.44. The van der Waals surface area contributed by atoms with Crippen molar-refractivity contribution in [1.29, 1.82) is 0 Å². The highest BCUT2D eigenvalue weighted by atomic mass is 16.5. The van der Waals surface area contributed by atoms with Crippen LogP contribution < -0.4 is 10.2 Å². The highest BCUT2D eigenvalue weighted by Crippen LogP contribution is 2.43. The zero-order valence-corrected chi connectivity index (χ0v) is 13.6. The Morgan fingerprint density at radius 1 is 1.45 bits per heavy atom. The molecule has 2 heterocycles. The van der Waals surface area contributed by atoms with Gasteiger partial charge in [-0.3, -0.25) is 4.79 Å². The standard InChI is InChI=1S/C18H26N2O2/c1-3-22-18(21)8-10-20-16-5-4-9-19-12-15(16)14-11-13(2)6-7-17(14)20/h6-7,11,15-16,19H,3-5,8-10,12H2,1-2H3. The van der Waals surface area contributed by atoms with E-state index in [1.165, 1.54) is 29.7 Å². The van der Waals surface area contributed by atoms with Gasteiger partial charge in [-0.1, -0.05) is 17.7 Å². The summed E-state index contributed by atoms with van der Waals surface area (Å²) in [4.78, 5) is 14.2. The molecule has 0 bridgehead atoms. The molecule has 2 aliphatic heterocycles. The lowest BCUT2D eigenvalue weighted by Crippen LogP contribution is -2.37. The van der Waals surface area contributed by atoms with Crippen LogP contribution in [0.4, 0.5) is 5.69 Å². The van der Waals surface area contributed by atoms with Crippen LogP contribution in [0.3, 0.4) is 0 Å². The first-order chi connectivity index (χ1) is 10.7. The summed E-state index contributed by atoms with van der Waals surface area (Å²) in [7, 11) is 0. The third-order valence-electron chi connectivity index (χ3n) is 4.84. The summed E-state index contributed by atoms with van der Waals surface area (Å²) in [5.74, 6) is 0.450. The van der Waals surface area contributed by atoms with Crippen LogP contribution in [0.25, 0.3) is 0 Å². The summed E-state index contributed by atoms with van der Waals surface area (Å²) >= 11 is 0. The van der Waals surface area contributed by atoms with Crippen LogP contribution in [0.1, 0.15) is 43.2 Å². The predicted molar refractivity (Wildman–Crippen MR) is 88.4 cm³/mol. The molecular weight excluding hydrogens is 276 g/mol. The quantitative estimate of drug-likeness (QED) is 0.868. The van der Waals surface area contributed by atoms with Crippen molar-refractivity contribution in [2.24, 2.45) is 0 Å². The van der Waals surface area contributed by atoms with Crippen molar-refractivity contribution in [2.45, 2.75) is 45.1 Å². The Morgan fingerprint density at radius 2 is 2.32 bits per heavy atom. The Hall–Kier alpha value is -1.55. The topological polar surface area (TPSA) is 41.6 Å². The summed E-state index contributed by atoms with van der Waals surface area (Å²) in [6, 6.07) is 7.24. The van der Waals surface area contributed by atoms with E-state index >= 15 is 0 Å². The summed E-state index contributed by atoms with van der Waals surface area (Å²) in [5, 5.41) is 3.57. The molecule has 1 aromatic rings. The maximum Gasteiger partial charge on any atom is 0.307 e. The molecule has 0 spiro atoms. The van der Waals surface area contributed by atoms with E-state index in [4.69, 9.17) is 4.74 Å². The van der Waals surface area contributed by atoms with Gasteiger partial charge < -0.3 is 15.0 Å². The second-order valence-electron chi connectivity index (χ2n) is 6.33. The number of ether oxygens (including phenoxy) is 1. The number of carbonyl (C=O) groups excluding carboxylic acids is 1. The van der Waals surface area contributed by atoms with Crippen molar-refractivity contribution in [3.05, 3.63) is 29.3 Å². The number of hydrogen-bond acceptors (Lipinski definition) is 4. The summed E-state index contributed by atoms with van der Waals surface area (Å²) in [6.45, 7) is 7.37. The van der Waals surface area contributed by atoms with E-state index in [0.717, 1.165) is 19.6 Å². The zero-order valence-electron chi connectivity index (χ0n) is 13.6. The highest BCUT2D eigenvalue weighted by Gasteiger charge is 2.38. The Morgan fingerprint density at radius 3 is 3.14 bits per heavy atom. The average molecular weight is 302 g/mol. The number of nitrogens with one attached hydrogen (secondary N) is 1. The van der Waals surface area contributed by atoms with E-state index in [1.807, 2.05) is 6.92 Å². The van der Waals surface area contributed by atoms with Gasteiger partial charge in [0.25, 0.3) is 0 Å².